The number of anilines is 1. The lowest BCUT2D eigenvalue weighted by Crippen LogP contribution is -2.45. The van der Waals surface area contributed by atoms with Gasteiger partial charge in [-0.05, 0) is 32.9 Å². The maximum Gasteiger partial charge on any atom is 0.243 e. The maximum atomic E-state index is 11.2. The highest BCUT2D eigenvalue weighted by atomic mass is 16.1. The standard InChI is InChI=1S/C11H15N5O/c1-7-5-4-6-8-13-10(15-16(7)8)14-11(2,3)9(12)17/h4-6H,1-3H3,(H2,12,17)(H,14,15). The highest BCUT2D eigenvalue weighted by Crippen LogP contribution is 2.13. The van der Waals surface area contributed by atoms with E-state index in [-0.39, 0.29) is 0 Å². The first kappa shape index (κ1) is 11.4. The third-order valence-electron chi connectivity index (χ3n) is 2.59. The lowest BCUT2D eigenvalue weighted by atomic mass is 10.1. The van der Waals surface area contributed by atoms with Gasteiger partial charge in [0.25, 0.3) is 0 Å². The molecule has 17 heavy (non-hydrogen) atoms. The topological polar surface area (TPSA) is 85.3 Å². The van der Waals surface area contributed by atoms with Crippen LogP contribution >= 0.6 is 0 Å². The molecule has 0 bridgehead atoms. The molecular weight excluding hydrogens is 218 g/mol. The molecule has 6 heteroatoms. The van der Waals surface area contributed by atoms with E-state index in [4.69, 9.17) is 5.73 Å². The zero-order valence-electron chi connectivity index (χ0n) is 10.1. The molecule has 2 aromatic heterocycles. The molecule has 3 N–H and O–H groups in total. The molecule has 0 unspecified atom stereocenters. The minimum atomic E-state index is -0.876. The molecule has 6 nitrogen and oxygen atoms in total. The van der Waals surface area contributed by atoms with E-state index in [1.54, 1.807) is 18.4 Å². The van der Waals surface area contributed by atoms with Crippen LogP contribution in [0.25, 0.3) is 5.65 Å². The van der Waals surface area contributed by atoms with Crippen molar-refractivity contribution in [2.45, 2.75) is 26.3 Å². The number of amides is 1. The summed E-state index contributed by atoms with van der Waals surface area (Å²) in [6.07, 6.45) is 0. The van der Waals surface area contributed by atoms with E-state index >= 15 is 0 Å². The Morgan fingerprint density at radius 3 is 2.76 bits per heavy atom. The van der Waals surface area contributed by atoms with Gasteiger partial charge in [0.05, 0.1) is 0 Å². The fourth-order valence-corrected chi connectivity index (χ4v) is 1.43. The molecular formula is C11H15N5O. The molecule has 0 aliphatic rings. The van der Waals surface area contributed by atoms with Crippen LogP contribution in [0.1, 0.15) is 19.5 Å². The number of primary amides is 1. The Morgan fingerprint density at radius 1 is 1.47 bits per heavy atom. The predicted octanol–water partition coefficient (Wildman–Crippen LogP) is 0.714. The number of nitrogens with two attached hydrogens (primary N) is 1. The third kappa shape index (κ3) is 2.06. The number of rotatable bonds is 3. The summed E-state index contributed by atoms with van der Waals surface area (Å²) in [6.45, 7) is 5.31. The molecule has 2 heterocycles. The zero-order valence-corrected chi connectivity index (χ0v) is 10.1. The van der Waals surface area contributed by atoms with E-state index in [0.29, 0.717) is 5.95 Å². The number of hydrogen-bond acceptors (Lipinski definition) is 4. The Labute approximate surface area is 98.8 Å². The van der Waals surface area contributed by atoms with Crippen molar-refractivity contribution in [2.24, 2.45) is 5.73 Å². The largest absolute Gasteiger partial charge is 0.368 e. The summed E-state index contributed by atoms with van der Waals surface area (Å²) in [4.78, 5) is 15.5. The van der Waals surface area contributed by atoms with Gasteiger partial charge < -0.3 is 11.1 Å². The van der Waals surface area contributed by atoms with Gasteiger partial charge in [0.15, 0.2) is 5.65 Å². The summed E-state index contributed by atoms with van der Waals surface area (Å²) >= 11 is 0. The van der Waals surface area contributed by atoms with Gasteiger partial charge in [-0.2, -0.15) is 4.98 Å². The second-order valence-corrected chi connectivity index (χ2v) is 4.49. The molecule has 0 aliphatic carbocycles. The number of nitrogens with one attached hydrogen (secondary N) is 1. The maximum absolute atomic E-state index is 11.2. The second-order valence-electron chi connectivity index (χ2n) is 4.49. The first-order valence-electron chi connectivity index (χ1n) is 5.30. The van der Waals surface area contributed by atoms with E-state index in [1.165, 1.54) is 0 Å². The fraction of sp³-hybridized carbons (Fsp3) is 0.364. The average Bonchev–Trinajstić information content (AvgIpc) is 2.60. The first-order valence-corrected chi connectivity index (χ1v) is 5.30. The Morgan fingerprint density at radius 2 is 2.18 bits per heavy atom. The highest BCUT2D eigenvalue weighted by molar-refractivity contribution is 5.86. The van der Waals surface area contributed by atoms with Gasteiger partial charge >= 0.3 is 0 Å². The summed E-state index contributed by atoms with van der Waals surface area (Å²) < 4.78 is 1.71. The molecule has 0 radical (unpaired) electrons. The number of fused-ring (bicyclic) bond motifs is 1. The first-order chi connectivity index (χ1) is 7.90. The minimum Gasteiger partial charge on any atom is -0.368 e. The van der Waals surface area contributed by atoms with Crippen molar-refractivity contribution in [3.8, 4) is 0 Å². The van der Waals surface area contributed by atoms with Gasteiger partial charge in [0.1, 0.15) is 5.54 Å². The Hall–Kier alpha value is -2.11. The van der Waals surface area contributed by atoms with E-state index in [0.717, 1.165) is 11.3 Å². The number of aromatic nitrogens is 3. The van der Waals surface area contributed by atoms with Gasteiger partial charge in [-0.15, -0.1) is 5.10 Å². The molecule has 0 spiro atoms. The molecule has 0 aromatic carbocycles. The van der Waals surface area contributed by atoms with Crippen LogP contribution in [0, 0.1) is 6.92 Å². The molecule has 0 fully saturated rings. The van der Waals surface area contributed by atoms with Crippen molar-refractivity contribution in [3.63, 3.8) is 0 Å². The van der Waals surface area contributed by atoms with E-state index in [2.05, 4.69) is 15.4 Å². The number of nitrogens with zero attached hydrogens (tertiary/aromatic N) is 3. The van der Waals surface area contributed by atoms with Crippen molar-refractivity contribution < 1.29 is 4.79 Å². The lowest BCUT2D eigenvalue weighted by molar-refractivity contribution is -0.121. The molecule has 0 saturated carbocycles. The van der Waals surface area contributed by atoms with Crippen LogP contribution in [0.5, 0.6) is 0 Å². The van der Waals surface area contributed by atoms with Gasteiger partial charge in [0, 0.05) is 5.69 Å². The number of hydrogen-bond donors (Lipinski definition) is 2. The van der Waals surface area contributed by atoms with Crippen molar-refractivity contribution in [1.29, 1.82) is 0 Å². The third-order valence-corrected chi connectivity index (χ3v) is 2.59. The number of carbonyl (C=O) groups is 1. The van der Waals surface area contributed by atoms with E-state index in [9.17, 15) is 4.79 Å². The van der Waals surface area contributed by atoms with E-state index in [1.807, 2.05) is 25.1 Å². The molecule has 1 amide bonds. The molecule has 2 rings (SSSR count). The van der Waals surface area contributed by atoms with Crippen LogP contribution in [0.3, 0.4) is 0 Å². The highest BCUT2D eigenvalue weighted by Gasteiger charge is 2.26. The van der Waals surface area contributed by atoms with Gasteiger partial charge in [-0.3, -0.25) is 4.79 Å². The number of aryl methyl sites for hydroxylation is 1. The van der Waals surface area contributed by atoms with Crippen molar-refractivity contribution in [1.82, 2.24) is 14.6 Å². The minimum absolute atomic E-state index is 0.392. The molecule has 90 valence electrons. The number of pyridine rings is 1. The summed E-state index contributed by atoms with van der Waals surface area (Å²) in [5, 5.41) is 7.18. The molecule has 0 saturated heterocycles. The fourth-order valence-electron chi connectivity index (χ4n) is 1.43. The summed E-state index contributed by atoms with van der Waals surface area (Å²) in [5.74, 6) is -0.0591. The summed E-state index contributed by atoms with van der Waals surface area (Å²) in [6, 6.07) is 5.69. The Kier molecular flexibility index (Phi) is 2.49. The normalized spacial score (nSPS) is 11.7. The van der Waals surface area contributed by atoms with E-state index < -0.39 is 11.4 Å². The van der Waals surface area contributed by atoms with Gasteiger partial charge in [0.2, 0.25) is 11.9 Å². The molecule has 0 aliphatic heterocycles. The van der Waals surface area contributed by atoms with Crippen molar-refractivity contribution in [2.75, 3.05) is 5.32 Å². The van der Waals surface area contributed by atoms with Crippen LogP contribution < -0.4 is 11.1 Å². The smallest absolute Gasteiger partial charge is 0.243 e. The van der Waals surface area contributed by atoms with Crippen LogP contribution in [-0.2, 0) is 4.79 Å². The quantitative estimate of drug-likeness (QED) is 0.817. The average molecular weight is 233 g/mol. The van der Waals surface area contributed by atoms with Crippen molar-refractivity contribution >= 4 is 17.5 Å². The predicted molar refractivity (Wildman–Crippen MR) is 64.6 cm³/mol. The summed E-state index contributed by atoms with van der Waals surface area (Å²) in [5.41, 5.74) is 6.10. The lowest BCUT2D eigenvalue weighted by Gasteiger charge is -2.20. The van der Waals surface area contributed by atoms with Gasteiger partial charge in [-0.25, -0.2) is 4.52 Å². The molecule has 2 aromatic rings. The van der Waals surface area contributed by atoms with Gasteiger partial charge in [-0.1, -0.05) is 6.07 Å². The molecule has 0 atom stereocenters. The monoisotopic (exact) mass is 233 g/mol. The Balaban J connectivity index is 2.38. The SMILES string of the molecule is Cc1cccc2nc(NC(C)(C)C(N)=O)nn12. The van der Waals surface area contributed by atoms with Crippen LogP contribution in [-0.4, -0.2) is 26.0 Å². The zero-order chi connectivity index (χ0) is 12.6. The van der Waals surface area contributed by atoms with Crippen LogP contribution in [0.4, 0.5) is 5.95 Å². The Bertz CT molecular complexity index is 572. The second kappa shape index (κ2) is 3.73. The van der Waals surface area contributed by atoms with Crippen molar-refractivity contribution in [3.05, 3.63) is 23.9 Å². The summed E-state index contributed by atoms with van der Waals surface area (Å²) in [7, 11) is 0. The van der Waals surface area contributed by atoms with Crippen LogP contribution in [0.15, 0.2) is 18.2 Å². The van der Waals surface area contributed by atoms with Crippen LogP contribution in [0.2, 0.25) is 0 Å². The number of carbonyl (C=O) groups excluding carboxylic acids is 1.